The van der Waals surface area contributed by atoms with Crippen LogP contribution in [-0.4, -0.2) is 25.3 Å². The van der Waals surface area contributed by atoms with Gasteiger partial charge in [-0.05, 0) is 59.5 Å². The molecule has 0 atom stereocenters. The SMILES string of the molecule is CCc1c(N(c2ccccc2)c2ccccc2)ccc2c1C(OC)(OC)c1cc(C(=O)CBr)ccc1-2. The second-order valence-corrected chi connectivity index (χ2v) is 9.25. The number of halogens is 1. The Bertz CT molecular complexity index is 1360. The number of carbonyl (C=O) groups excluding carboxylic acids is 1. The summed E-state index contributed by atoms with van der Waals surface area (Å²) in [6.45, 7) is 2.16. The van der Waals surface area contributed by atoms with Crippen molar-refractivity contribution >= 4 is 38.8 Å². The van der Waals surface area contributed by atoms with Gasteiger partial charge in [-0.3, -0.25) is 4.79 Å². The molecule has 0 saturated carbocycles. The van der Waals surface area contributed by atoms with Gasteiger partial charge in [0.15, 0.2) is 5.78 Å². The number of anilines is 3. The molecule has 4 nitrogen and oxygen atoms in total. The average molecular weight is 542 g/mol. The van der Waals surface area contributed by atoms with Gasteiger partial charge in [0.1, 0.15) is 0 Å². The van der Waals surface area contributed by atoms with E-state index in [0.29, 0.717) is 5.56 Å². The minimum atomic E-state index is -1.12. The zero-order chi connectivity index (χ0) is 25.3. The fraction of sp³-hybridized carbons (Fsp3) is 0.194. The fourth-order valence-electron chi connectivity index (χ4n) is 5.33. The van der Waals surface area contributed by atoms with Crippen LogP contribution in [0.25, 0.3) is 11.1 Å². The van der Waals surface area contributed by atoms with Crippen molar-refractivity contribution in [1.29, 1.82) is 0 Å². The molecule has 4 aromatic carbocycles. The lowest BCUT2D eigenvalue weighted by Gasteiger charge is -2.33. The Morgan fingerprint density at radius 3 is 1.94 bits per heavy atom. The average Bonchev–Trinajstić information content (AvgIpc) is 3.23. The molecule has 0 unspecified atom stereocenters. The molecule has 1 aliphatic rings. The molecule has 0 amide bonds. The smallest absolute Gasteiger partial charge is 0.223 e. The monoisotopic (exact) mass is 541 g/mol. The Morgan fingerprint density at radius 1 is 0.833 bits per heavy atom. The van der Waals surface area contributed by atoms with E-state index in [2.05, 4.69) is 88.4 Å². The number of hydrogen-bond acceptors (Lipinski definition) is 4. The van der Waals surface area contributed by atoms with E-state index >= 15 is 0 Å². The largest absolute Gasteiger partial charge is 0.346 e. The highest BCUT2D eigenvalue weighted by Crippen LogP contribution is 2.54. The number of benzene rings is 4. The van der Waals surface area contributed by atoms with Crippen molar-refractivity contribution in [3.05, 3.63) is 113 Å². The van der Waals surface area contributed by atoms with Gasteiger partial charge < -0.3 is 14.4 Å². The number of hydrogen-bond donors (Lipinski definition) is 0. The van der Waals surface area contributed by atoms with Crippen molar-refractivity contribution in [2.24, 2.45) is 0 Å². The Hall–Kier alpha value is -3.25. The number of rotatable bonds is 8. The summed E-state index contributed by atoms with van der Waals surface area (Å²) in [5.41, 5.74) is 8.89. The molecule has 0 spiro atoms. The number of ether oxygens (including phenoxy) is 2. The van der Waals surface area contributed by atoms with Gasteiger partial charge in [-0.1, -0.05) is 77.5 Å². The number of fused-ring (bicyclic) bond motifs is 3. The molecule has 0 bridgehead atoms. The third-order valence-electron chi connectivity index (χ3n) is 6.92. The number of alkyl halides is 1. The van der Waals surface area contributed by atoms with Crippen molar-refractivity contribution < 1.29 is 14.3 Å². The van der Waals surface area contributed by atoms with E-state index in [1.807, 2.05) is 30.3 Å². The third-order valence-corrected chi connectivity index (χ3v) is 7.43. The van der Waals surface area contributed by atoms with E-state index in [-0.39, 0.29) is 11.1 Å². The van der Waals surface area contributed by atoms with Gasteiger partial charge in [0.05, 0.1) is 5.33 Å². The quantitative estimate of drug-likeness (QED) is 0.130. The van der Waals surface area contributed by atoms with E-state index in [0.717, 1.165) is 51.3 Å². The van der Waals surface area contributed by atoms with Crippen molar-refractivity contribution in [3.63, 3.8) is 0 Å². The highest BCUT2D eigenvalue weighted by molar-refractivity contribution is 9.09. The maximum atomic E-state index is 12.5. The van der Waals surface area contributed by atoms with Crippen molar-refractivity contribution in [2.45, 2.75) is 19.1 Å². The second-order valence-electron chi connectivity index (χ2n) is 8.69. The molecule has 0 fully saturated rings. The second kappa shape index (κ2) is 10.0. The van der Waals surface area contributed by atoms with Gasteiger partial charge in [0.2, 0.25) is 5.79 Å². The first-order valence-corrected chi connectivity index (χ1v) is 13.1. The van der Waals surface area contributed by atoms with Gasteiger partial charge in [-0.2, -0.15) is 0 Å². The van der Waals surface area contributed by atoms with Crippen LogP contribution in [0.4, 0.5) is 17.1 Å². The lowest BCUT2D eigenvalue weighted by molar-refractivity contribution is -0.181. The lowest BCUT2D eigenvalue weighted by Crippen LogP contribution is -2.31. The van der Waals surface area contributed by atoms with E-state index in [9.17, 15) is 4.79 Å². The molecule has 5 rings (SSSR count). The third kappa shape index (κ3) is 3.79. The number of para-hydroxylation sites is 2. The number of methoxy groups -OCH3 is 2. The maximum absolute atomic E-state index is 12.5. The summed E-state index contributed by atoms with van der Waals surface area (Å²) in [4.78, 5) is 14.8. The van der Waals surface area contributed by atoms with Crippen LogP contribution in [0.5, 0.6) is 0 Å². The molecule has 0 aromatic heterocycles. The van der Waals surface area contributed by atoms with Crippen molar-refractivity contribution in [2.75, 3.05) is 24.4 Å². The Kier molecular flexibility index (Phi) is 6.80. The molecular weight excluding hydrogens is 514 g/mol. The van der Waals surface area contributed by atoms with Gasteiger partial charge in [0, 0.05) is 48.0 Å². The van der Waals surface area contributed by atoms with E-state index < -0.39 is 5.79 Å². The minimum absolute atomic E-state index is 0.0191. The van der Waals surface area contributed by atoms with Crippen LogP contribution in [0.15, 0.2) is 91.0 Å². The predicted octanol–water partition coefficient (Wildman–Crippen LogP) is 7.77. The molecule has 0 radical (unpaired) electrons. The molecule has 0 N–H and O–H groups in total. The molecule has 36 heavy (non-hydrogen) atoms. The van der Waals surface area contributed by atoms with E-state index in [1.54, 1.807) is 14.2 Å². The summed E-state index contributed by atoms with van der Waals surface area (Å²) >= 11 is 3.30. The highest BCUT2D eigenvalue weighted by Gasteiger charge is 2.47. The summed E-state index contributed by atoms with van der Waals surface area (Å²) in [5.74, 6) is -1.10. The number of carbonyl (C=O) groups is 1. The van der Waals surface area contributed by atoms with Crippen molar-refractivity contribution in [3.8, 4) is 11.1 Å². The minimum Gasteiger partial charge on any atom is -0.346 e. The van der Waals surface area contributed by atoms with Gasteiger partial charge in [-0.25, -0.2) is 0 Å². The predicted molar refractivity (Wildman–Crippen MR) is 149 cm³/mol. The summed E-state index contributed by atoms with van der Waals surface area (Å²) in [7, 11) is 3.33. The molecule has 4 aromatic rings. The Balaban J connectivity index is 1.79. The fourth-order valence-corrected chi connectivity index (χ4v) is 5.65. The normalized spacial score (nSPS) is 13.2. The van der Waals surface area contributed by atoms with Crippen LogP contribution in [0.2, 0.25) is 0 Å². The zero-order valence-corrected chi connectivity index (χ0v) is 22.2. The standard InChI is InChI=1S/C31H28BrNO3/c1-4-24-28(33(22-11-7-5-8-12-22)23-13-9-6-10-14-23)18-17-26-25-16-15-21(29(34)20-32)19-27(25)31(35-2,36-3)30(24)26/h5-19H,4,20H2,1-3H3. The van der Waals surface area contributed by atoms with Crippen LogP contribution >= 0.6 is 15.9 Å². The van der Waals surface area contributed by atoms with Crippen LogP contribution in [0.3, 0.4) is 0 Å². The van der Waals surface area contributed by atoms with Gasteiger partial charge in [0.25, 0.3) is 0 Å². The molecule has 0 saturated heterocycles. The van der Waals surface area contributed by atoms with Gasteiger partial charge in [-0.15, -0.1) is 0 Å². The topological polar surface area (TPSA) is 38.8 Å². The van der Waals surface area contributed by atoms with Crippen LogP contribution in [0.1, 0.15) is 34.0 Å². The molecule has 0 heterocycles. The summed E-state index contributed by atoms with van der Waals surface area (Å²) in [6.07, 6.45) is 0.768. The Morgan fingerprint density at radius 2 is 1.42 bits per heavy atom. The van der Waals surface area contributed by atoms with Crippen molar-refractivity contribution in [1.82, 2.24) is 0 Å². The first kappa shape index (κ1) is 24.4. The molecule has 1 aliphatic carbocycles. The highest BCUT2D eigenvalue weighted by atomic mass is 79.9. The van der Waals surface area contributed by atoms with Crippen LogP contribution in [-0.2, 0) is 21.7 Å². The number of Topliss-reactive ketones (excluding diaryl/α,β-unsaturated/α-hetero) is 1. The first-order chi connectivity index (χ1) is 17.6. The Labute approximate surface area is 220 Å². The van der Waals surface area contributed by atoms with Gasteiger partial charge >= 0.3 is 0 Å². The van der Waals surface area contributed by atoms with Crippen LogP contribution < -0.4 is 4.90 Å². The number of nitrogens with zero attached hydrogens (tertiary/aromatic N) is 1. The van der Waals surface area contributed by atoms with E-state index in [4.69, 9.17) is 9.47 Å². The molecule has 5 heteroatoms. The number of ketones is 1. The van der Waals surface area contributed by atoms with Crippen LogP contribution in [0, 0.1) is 0 Å². The molecule has 182 valence electrons. The lowest BCUT2D eigenvalue weighted by atomic mass is 9.93. The first-order valence-electron chi connectivity index (χ1n) is 12.0. The molecular formula is C31H28BrNO3. The summed E-state index contributed by atoms with van der Waals surface area (Å²) in [6, 6.07) is 30.9. The molecule has 0 aliphatic heterocycles. The maximum Gasteiger partial charge on any atom is 0.223 e. The zero-order valence-electron chi connectivity index (χ0n) is 20.6. The van der Waals surface area contributed by atoms with E-state index in [1.165, 1.54) is 0 Å². The summed E-state index contributed by atoms with van der Waals surface area (Å²) in [5, 5.41) is 0.263. The summed E-state index contributed by atoms with van der Waals surface area (Å²) < 4.78 is 12.4.